The Morgan fingerprint density at radius 1 is 1.08 bits per heavy atom. The molecule has 2 rings (SSSR count). The maximum atomic E-state index is 9.36. The Morgan fingerprint density at radius 3 is 1.85 bits per heavy atom. The molecule has 1 nitrogen and oxygen atoms in total. The predicted molar refractivity (Wildman–Crippen MR) is 118 cm³/mol. The molecule has 1 aliphatic carbocycles. The van der Waals surface area contributed by atoms with E-state index in [1.54, 1.807) is 9.88 Å². The molecule has 1 N–H and O–H groups in total. The van der Waals surface area contributed by atoms with Crippen LogP contribution >= 0.6 is 24.8 Å². The first-order valence-electron chi connectivity index (χ1n) is 8.71. The van der Waals surface area contributed by atoms with Crippen molar-refractivity contribution < 1.29 is 25.1 Å². The summed E-state index contributed by atoms with van der Waals surface area (Å²) in [6.07, 6.45) is 10.8. The van der Waals surface area contributed by atoms with Gasteiger partial charge < -0.3 is 5.11 Å². The number of rotatable bonds is 2. The van der Waals surface area contributed by atoms with Crippen LogP contribution in [0.15, 0.2) is 35.9 Å². The van der Waals surface area contributed by atoms with Crippen LogP contribution in [-0.4, -0.2) is 8.92 Å². The first-order valence-corrected chi connectivity index (χ1v) is 9.49. The van der Waals surface area contributed by atoms with Crippen molar-refractivity contribution in [2.24, 2.45) is 0 Å². The van der Waals surface area contributed by atoms with Crippen LogP contribution in [0.2, 0.25) is 0 Å². The zero-order valence-corrected chi connectivity index (χ0v) is 20.5. The van der Waals surface area contributed by atoms with Gasteiger partial charge in [0.2, 0.25) is 0 Å². The zero-order chi connectivity index (χ0) is 18.8. The number of hydrogen-bond donors (Lipinski definition) is 1. The molecule has 0 fully saturated rings. The fourth-order valence-corrected chi connectivity index (χ4v) is 1.96. The molecule has 0 radical (unpaired) electrons. The SMILES string of the molecule is CC1=[C-]CC=C1.CC[C](=[Ti+])CC.Cc1cc(O)cc(C(C)(C)C)c1.Cl.Cl. The van der Waals surface area contributed by atoms with Gasteiger partial charge in [0.1, 0.15) is 5.75 Å². The molecule has 0 heterocycles. The number of phenolic OH excluding ortho intramolecular Hbond substituents is 1. The molecular formula is C22H35Cl2OTi. The largest absolute Gasteiger partial charge is 0.508 e. The van der Waals surface area contributed by atoms with Gasteiger partial charge in [-0.3, -0.25) is 6.08 Å². The smallest absolute Gasteiger partial charge is 0.116 e. The van der Waals surface area contributed by atoms with Crippen LogP contribution in [0.25, 0.3) is 0 Å². The van der Waals surface area contributed by atoms with E-state index in [0.29, 0.717) is 5.75 Å². The number of benzene rings is 1. The first kappa shape index (κ1) is 30.4. The van der Waals surface area contributed by atoms with E-state index in [2.05, 4.69) is 85.8 Å². The van der Waals surface area contributed by atoms with Gasteiger partial charge >= 0.3 is 50.5 Å². The summed E-state index contributed by atoms with van der Waals surface area (Å²) in [5, 5.41) is 9.36. The Kier molecular flexibility index (Phi) is 18.3. The molecule has 0 aliphatic heterocycles. The number of phenols is 1. The second-order valence-electron chi connectivity index (χ2n) is 7.08. The average molecular weight is 434 g/mol. The van der Waals surface area contributed by atoms with Gasteiger partial charge in [-0.1, -0.05) is 33.8 Å². The fourth-order valence-electron chi connectivity index (χ4n) is 1.96. The van der Waals surface area contributed by atoms with Crippen molar-refractivity contribution in [2.45, 2.75) is 73.1 Å². The Hall–Kier alpha value is -0.336. The summed E-state index contributed by atoms with van der Waals surface area (Å²) >= 11 is 2.19. The van der Waals surface area contributed by atoms with Gasteiger partial charge in [-0.05, 0) is 35.6 Å². The summed E-state index contributed by atoms with van der Waals surface area (Å²) in [7, 11) is 0. The Morgan fingerprint density at radius 2 is 1.62 bits per heavy atom. The monoisotopic (exact) mass is 433 g/mol. The maximum absolute atomic E-state index is 9.36. The molecule has 1 aromatic rings. The molecule has 4 heteroatoms. The molecule has 0 bridgehead atoms. The second kappa shape index (κ2) is 15.7. The number of hydrogen-bond acceptors (Lipinski definition) is 1. The minimum Gasteiger partial charge on any atom is -0.508 e. The Labute approximate surface area is 185 Å². The molecule has 0 saturated heterocycles. The number of allylic oxidation sites excluding steroid dienone is 4. The van der Waals surface area contributed by atoms with Crippen LogP contribution in [0.3, 0.4) is 0 Å². The van der Waals surface area contributed by atoms with Crippen LogP contribution in [-0.2, 0) is 25.4 Å². The number of aryl methyl sites for hydroxylation is 1. The van der Waals surface area contributed by atoms with Gasteiger partial charge in [0.15, 0.2) is 0 Å². The molecular weight excluding hydrogens is 399 g/mol. The summed E-state index contributed by atoms with van der Waals surface area (Å²) in [5.74, 6) is 0.361. The zero-order valence-electron chi connectivity index (χ0n) is 17.3. The molecule has 0 atom stereocenters. The Balaban J connectivity index is -0.000000324. The molecule has 0 unspecified atom stereocenters. The fraction of sp³-hybridized carbons (Fsp3) is 0.500. The van der Waals surface area contributed by atoms with Crippen LogP contribution in [0, 0.1) is 13.0 Å². The van der Waals surface area contributed by atoms with E-state index in [1.807, 2.05) is 13.0 Å². The summed E-state index contributed by atoms with van der Waals surface area (Å²) in [6, 6.07) is 5.71. The first-order chi connectivity index (χ1) is 11.1. The maximum Gasteiger partial charge on any atom is 0.116 e. The van der Waals surface area contributed by atoms with Crippen LogP contribution < -0.4 is 0 Å². The van der Waals surface area contributed by atoms with E-state index < -0.39 is 0 Å². The van der Waals surface area contributed by atoms with Crippen molar-refractivity contribution in [3.05, 3.63) is 53.1 Å². The molecule has 0 spiro atoms. The normalized spacial score (nSPS) is 11.7. The third-order valence-corrected chi connectivity index (χ3v) is 4.75. The number of aromatic hydroxyl groups is 1. The van der Waals surface area contributed by atoms with E-state index in [0.717, 1.165) is 12.0 Å². The van der Waals surface area contributed by atoms with Gasteiger partial charge in [0, 0.05) is 0 Å². The van der Waals surface area contributed by atoms with Gasteiger partial charge in [-0.25, -0.2) is 11.6 Å². The van der Waals surface area contributed by atoms with E-state index in [1.165, 1.54) is 24.0 Å². The summed E-state index contributed by atoms with van der Waals surface area (Å²) < 4.78 is 1.59. The third-order valence-electron chi connectivity index (χ3n) is 3.65. The molecule has 0 amide bonds. The van der Waals surface area contributed by atoms with E-state index >= 15 is 0 Å². The molecule has 0 aromatic heterocycles. The van der Waals surface area contributed by atoms with Crippen molar-refractivity contribution in [1.82, 2.24) is 0 Å². The van der Waals surface area contributed by atoms with Crippen molar-refractivity contribution in [2.75, 3.05) is 0 Å². The van der Waals surface area contributed by atoms with Crippen molar-refractivity contribution >= 4 is 28.6 Å². The molecule has 147 valence electrons. The Bertz CT molecular complexity index is 555. The van der Waals surface area contributed by atoms with Gasteiger partial charge in [0.25, 0.3) is 0 Å². The van der Waals surface area contributed by atoms with Crippen molar-refractivity contribution in [1.29, 1.82) is 0 Å². The van der Waals surface area contributed by atoms with Crippen LogP contribution in [0.5, 0.6) is 5.75 Å². The second-order valence-corrected chi connectivity index (χ2v) is 8.19. The van der Waals surface area contributed by atoms with E-state index in [4.69, 9.17) is 0 Å². The van der Waals surface area contributed by atoms with Crippen molar-refractivity contribution in [3.63, 3.8) is 0 Å². The third kappa shape index (κ3) is 14.8. The van der Waals surface area contributed by atoms with Gasteiger partial charge in [0.05, 0.1) is 0 Å². The molecule has 0 saturated carbocycles. The standard InChI is InChI=1S/C11H16O.C6H7.C5H10.2ClH.Ti/c1-8-5-9(11(2,3)4)7-10(12)6-8;1-6-4-2-3-5-6;1-3-5-4-2;;;/h5-7,12H,1-4H3;2,4H,3H2,1H3;3-4H2,1-2H3;2*1H;/q;-1;;;;+1. The van der Waals surface area contributed by atoms with Crippen LogP contribution in [0.4, 0.5) is 0 Å². The minimum absolute atomic E-state index is 0. The minimum atomic E-state index is 0. The molecule has 1 aromatic carbocycles. The topological polar surface area (TPSA) is 20.2 Å². The van der Waals surface area contributed by atoms with Gasteiger partial charge in [-0.15, -0.1) is 31.2 Å². The number of halogens is 2. The van der Waals surface area contributed by atoms with Crippen molar-refractivity contribution in [3.8, 4) is 5.75 Å². The van der Waals surface area contributed by atoms with E-state index in [-0.39, 0.29) is 30.2 Å². The molecule has 1 aliphatic rings. The van der Waals surface area contributed by atoms with Crippen LogP contribution in [0.1, 0.15) is 71.9 Å². The predicted octanol–water partition coefficient (Wildman–Crippen LogP) is 7.06. The average Bonchev–Trinajstić information content (AvgIpc) is 2.97. The summed E-state index contributed by atoms with van der Waals surface area (Å²) in [6.45, 7) is 14.9. The summed E-state index contributed by atoms with van der Waals surface area (Å²) in [4.78, 5) is 0. The van der Waals surface area contributed by atoms with E-state index in [9.17, 15) is 5.11 Å². The molecule has 26 heavy (non-hydrogen) atoms. The van der Waals surface area contributed by atoms with Gasteiger partial charge in [-0.2, -0.15) is 6.08 Å². The quantitative estimate of drug-likeness (QED) is 0.390. The summed E-state index contributed by atoms with van der Waals surface area (Å²) in [5.41, 5.74) is 3.68.